The summed E-state index contributed by atoms with van der Waals surface area (Å²) in [6, 6.07) is 13.2. The summed E-state index contributed by atoms with van der Waals surface area (Å²) in [5.74, 6) is -0.565. The van der Waals surface area contributed by atoms with Crippen LogP contribution in [0.3, 0.4) is 0 Å². The SMILES string of the molecule is Cc1ccc(-c2cc(CC(C)C)nc(C)c2C(=O)OCc2ccc(C(N)=O)cn2)cc1. The highest BCUT2D eigenvalue weighted by Gasteiger charge is 2.20. The summed E-state index contributed by atoms with van der Waals surface area (Å²) in [5.41, 5.74) is 11.0. The van der Waals surface area contributed by atoms with Crippen molar-refractivity contribution >= 4 is 11.9 Å². The summed E-state index contributed by atoms with van der Waals surface area (Å²) in [7, 11) is 0. The van der Waals surface area contributed by atoms with Crippen LogP contribution in [-0.2, 0) is 17.8 Å². The van der Waals surface area contributed by atoms with Gasteiger partial charge in [0.2, 0.25) is 5.91 Å². The highest BCUT2D eigenvalue weighted by molar-refractivity contribution is 5.98. The van der Waals surface area contributed by atoms with Crippen molar-refractivity contribution in [2.24, 2.45) is 11.7 Å². The van der Waals surface area contributed by atoms with Gasteiger partial charge in [0, 0.05) is 11.9 Å². The maximum Gasteiger partial charge on any atom is 0.341 e. The monoisotopic (exact) mass is 417 g/mol. The lowest BCUT2D eigenvalue weighted by Crippen LogP contribution is -2.13. The number of nitrogens with two attached hydrogens (primary N) is 1. The number of ether oxygens (including phenoxy) is 1. The molecule has 0 unspecified atom stereocenters. The van der Waals surface area contributed by atoms with E-state index in [-0.39, 0.29) is 6.61 Å². The molecule has 0 atom stereocenters. The van der Waals surface area contributed by atoms with Gasteiger partial charge in [0.1, 0.15) is 6.61 Å². The van der Waals surface area contributed by atoms with Gasteiger partial charge >= 0.3 is 5.97 Å². The predicted molar refractivity (Wildman–Crippen MR) is 120 cm³/mol. The minimum atomic E-state index is -0.554. The number of carbonyl (C=O) groups excluding carboxylic acids is 2. The van der Waals surface area contributed by atoms with Crippen molar-refractivity contribution in [3.05, 3.63) is 82.4 Å². The molecular formula is C25H27N3O3. The van der Waals surface area contributed by atoms with Gasteiger partial charge in [-0.15, -0.1) is 0 Å². The van der Waals surface area contributed by atoms with Crippen LogP contribution in [0.2, 0.25) is 0 Å². The Morgan fingerprint density at radius 2 is 1.74 bits per heavy atom. The van der Waals surface area contributed by atoms with Gasteiger partial charge in [0.05, 0.1) is 22.5 Å². The van der Waals surface area contributed by atoms with Crippen LogP contribution in [0, 0.1) is 19.8 Å². The normalized spacial score (nSPS) is 10.9. The van der Waals surface area contributed by atoms with E-state index < -0.39 is 11.9 Å². The Labute approximate surface area is 182 Å². The van der Waals surface area contributed by atoms with E-state index in [1.807, 2.05) is 44.2 Å². The molecule has 6 nitrogen and oxygen atoms in total. The third kappa shape index (κ3) is 5.54. The minimum Gasteiger partial charge on any atom is -0.456 e. The van der Waals surface area contributed by atoms with E-state index >= 15 is 0 Å². The summed E-state index contributed by atoms with van der Waals surface area (Å²) in [6.45, 7) is 8.12. The van der Waals surface area contributed by atoms with Gasteiger partial charge in [-0.1, -0.05) is 43.7 Å². The second-order valence-corrected chi connectivity index (χ2v) is 8.06. The third-order valence-corrected chi connectivity index (χ3v) is 4.90. The lowest BCUT2D eigenvalue weighted by Gasteiger charge is -2.15. The third-order valence-electron chi connectivity index (χ3n) is 4.90. The van der Waals surface area contributed by atoms with Crippen molar-refractivity contribution in [1.29, 1.82) is 0 Å². The first-order valence-corrected chi connectivity index (χ1v) is 10.2. The number of benzene rings is 1. The molecule has 0 bridgehead atoms. The number of hydrogen-bond acceptors (Lipinski definition) is 5. The zero-order valence-corrected chi connectivity index (χ0v) is 18.3. The van der Waals surface area contributed by atoms with Crippen LogP contribution in [0.25, 0.3) is 11.1 Å². The zero-order chi connectivity index (χ0) is 22.5. The highest BCUT2D eigenvalue weighted by Crippen LogP contribution is 2.28. The first kappa shape index (κ1) is 22.2. The first-order valence-electron chi connectivity index (χ1n) is 10.2. The summed E-state index contributed by atoms with van der Waals surface area (Å²) in [5, 5.41) is 0. The average molecular weight is 418 g/mol. The molecule has 160 valence electrons. The van der Waals surface area contributed by atoms with Gasteiger partial charge in [0.25, 0.3) is 0 Å². The van der Waals surface area contributed by atoms with Crippen LogP contribution in [0.1, 0.15) is 57.2 Å². The van der Waals surface area contributed by atoms with Crippen LogP contribution in [0.15, 0.2) is 48.7 Å². The van der Waals surface area contributed by atoms with E-state index in [9.17, 15) is 9.59 Å². The molecule has 3 aromatic rings. The molecule has 0 saturated heterocycles. The Morgan fingerprint density at radius 1 is 1.03 bits per heavy atom. The van der Waals surface area contributed by atoms with Crippen molar-refractivity contribution in [2.75, 3.05) is 0 Å². The van der Waals surface area contributed by atoms with E-state index in [0.717, 1.165) is 28.8 Å². The quantitative estimate of drug-likeness (QED) is 0.574. The van der Waals surface area contributed by atoms with Crippen LogP contribution in [0.5, 0.6) is 0 Å². The number of pyridine rings is 2. The Morgan fingerprint density at radius 3 is 2.32 bits per heavy atom. The Kier molecular flexibility index (Phi) is 6.80. The molecule has 2 heterocycles. The first-order chi connectivity index (χ1) is 14.7. The molecule has 0 aliphatic rings. The van der Waals surface area contributed by atoms with Gasteiger partial charge < -0.3 is 10.5 Å². The number of primary amides is 1. The number of esters is 1. The van der Waals surface area contributed by atoms with Crippen molar-refractivity contribution in [3.8, 4) is 11.1 Å². The minimum absolute atomic E-state index is 0.0155. The zero-order valence-electron chi connectivity index (χ0n) is 18.3. The van der Waals surface area contributed by atoms with E-state index in [1.54, 1.807) is 12.1 Å². The molecule has 1 aromatic carbocycles. The fourth-order valence-electron chi connectivity index (χ4n) is 3.35. The van der Waals surface area contributed by atoms with Gasteiger partial charge in [-0.05, 0) is 55.5 Å². The Bertz CT molecular complexity index is 1090. The molecule has 6 heteroatoms. The molecule has 1 amide bonds. The molecule has 2 aromatic heterocycles. The molecule has 0 aliphatic carbocycles. The fraction of sp³-hybridized carbons (Fsp3) is 0.280. The molecular weight excluding hydrogens is 390 g/mol. The molecule has 0 radical (unpaired) electrons. The number of aromatic nitrogens is 2. The average Bonchev–Trinajstić information content (AvgIpc) is 2.72. The van der Waals surface area contributed by atoms with Crippen LogP contribution in [-0.4, -0.2) is 21.8 Å². The summed E-state index contributed by atoms with van der Waals surface area (Å²) in [6.07, 6.45) is 2.20. The van der Waals surface area contributed by atoms with Gasteiger partial charge in [-0.3, -0.25) is 14.8 Å². The van der Waals surface area contributed by atoms with E-state index in [1.165, 1.54) is 6.20 Å². The maximum atomic E-state index is 13.0. The fourth-order valence-corrected chi connectivity index (χ4v) is 3.35. The number of aryl methyl sites for hydroxylation is 2. The molecule has 0 spiro atoms. The summed E-state index contributed by atoms with van der Waals surface area (Å²) in [4.78, 5) is 33.0. The second kappa shape index (κ2) is 9.51. The van der Waals surface area contributed by atoms with Gasteiger partial charge in [-0.25, -0.2) is 4.79 Å². The smallest absolute Gasteiger partial charge is 0.341 e. The number of carbonyl (C=O) groups is 2. The topological polar surface area (TPSA) is 95.2 Å². The number of rotatable bonds is 7. The molecule has 2 N–H and O–H groups in total. The lowest BCUT2D eigenvalue weighted by atomic mass is 9.95. The number of amides is 1. The van der Waals surface area contributed by atoms with E-state index in [2.05, 4.69) is 23.8 Å². The van der Waals surface area contributed by atoms with Crippen LogP contribution < -0.4 is 5.73 Å². The number of nitrogens with zero attached hydrogens (tertiary/aromatic N) is 2. The van der Waals surface area contributed by atoms with Crippen molar-refractivity contribution < 1.29 is 14.3 Å². The summed E-state index contributed by atoms with van der Waals surface area (Å²) >= 11 is 0. The Balaban J connectivity index is 1.91. The van der Waals surface area contributed by atoms with Crippen molar-refractivity contribution in [3.63, 3.8) is 0 Å². The lowest BCUT2D eigenvalue weighted by molar-refractivity contribution is 0.0467. The maximum absolute atomic E-state index is 13.0. The molecule has 0 aliphatic heterocycles. The molecule has 0 fully saturated rings. The van der Waals surface area contributed by atoms with Crippen molar-refractivity contribution in [1.82, 2.24) is 9.97 Å². The van der Waals surface area contributed by atoms with Crippen molar-refractivity contribution in [2.45, 2.75) is 40.7 Å². The van der Waals surface area contributed by atoms with E-state index in [0.29, 0.717) is 28.4 Å². The molecule has 0 saturated carbocycles. The van der Waals surface area contributed by atoms with E-state index in [4.69, 9.17) is 10.5 Å². The highest BCUT2D eigenvalue weighted by atomic mass is 16.5. The molecule has 3 rings (SSSR count). The largest absolute Gasteiger partial charge is 0.456 e. The standard InChI is InChI=1S/C25H27N3O3/c1-15(2)11-21-12-22(18-7-5-16(3)6-8-18)23(17(4)28-21)25(30)31-14-20-10-9-19(13-27-20)24(26)29/h5-10,12-13,15H,11,14H2,1-4H3,(H2,26,29). The van der Waals surface area contributed by atoms with Crippen LogP contribution >= 0.6 is 0 Å². The van der Waals surface area contributed by atoms with Gasteiger partial charge in [0.15, 0.2) is 0 Å². The molecule has 31 heavy (non-hydrogen) atoms. The predicted octanol–water partition coefficient (Wildman–Crippen LogP) is 4.41. The Hall–Kier alpha value is -3.54. The van der Waals surface area contributed by atoms with Crippen LogP contribution in [0.4, 0.5) is 0 Å². The van der Waals surface area contributed by atoms with Gasteiger partial charge in [-0.2, -0.15) is 0 Å². The summed E-state index contributed by atoms with van der Waals surface area (Å²) < 4.78 is 5.54. The second-order valence-electron chi connectivity index (χ2n) is 8.06. The number of hydrogen-bond donors (Lipinski definition) is 1.